The smallest absolute Gasteiger partial charge is 0.329 e. The van der Waals surface area contributed by atoms with Gasteiger partial charge in [-0.3, -0.25) is 18.7 Å². The van der Waals surface area contributed by atoms with E-state index < -0.39 is 0 Å². The number of aromatic nitrogens is 2. The van der Waals surface area contributed by atoms with Crippen LogP contribution < -0.4 is 11.0 Å². The maximum absolute atomic E-state index is 14.2. The van der Waals surface area contributed by atoms with E-state index in [2.05, 4.69) is 5.32 Å². The third kappa shape index (κ3) is 4.73. The van der Waals surface area contributed by atoms with Crippen LogP contribution in [0.5, 0.6) is 0 Å². The fraction of sp³-hybridized carbons (Fsp3) is 0.393. The summed E-state index contributed by atoms with van der Waals surface area (Å²) in [6.07, 6.45) is 1.59. The minimum atomic E-state index is -0.202. The summed E-state index contributed by atoms with van der Waals surface area (Å²) in [6.45, 7) is 5.69. The van der Waals surface area contributed by atoms with Gasteiger partial charge in [0.1, 0.15) is 5.69 Å². The molecule has 0 spiro atoms. The second kappa shape index (κ2) is 10.5. The van der Waals surface area contributed by atoms with Gasteiger partial charge in [0.05, 0.1) is 18.3 Å². The van der Waals surface area contributed by atoms with E-state index in [1.165, 1.54) is 0 Å². The van der Waals surface area contributed by atoms with Crippen molar-refractivity contribution in [1.29, 1.82) is 0 Å². The van der Waals surface area contributed by atoms with Gasteiger partial charge in [0.2, 0.25) is 5.91 Å². The number of likely N-dealkylation sites (tertiary alicyclic amines) is 1. The number of hydrogen-bond donors (Lipinski definition) is 1. The maximum Gasteiger partial charge on any atom is 0.329 e. The van der Waals surface area contributed by atoms with E-state index in [1.807, 2.05) is 70.5 Å². The minimum Gasteiger partial charge on any atom is -0.341 e. The first-order valence-electron chi connectivity index (χ1n) is 12.7. The van der Waals surface area contributed by atoms with Gasteiger partial charge in [0, 0.05) is 51.8 Å². The number of hydrogen-bond acceptors (Lipinski definition) is 4. The lowest BCUT2D eigenvalue weighted by atomic mass is 10.0. The molecule has 2 aliphatic rings. The average molecular weight is 488 g/mol. The molecule has 8 heteroatoms. The van der Waals surface area contributed by atoms with Gasteiger partial charge in [0.15, 0.2) is 0 Å². The quantitative estimate of drug-likeness (QED) is 0.600. The highest BCUT2D eigenvalue weighted by Gasteiger charge is 2.34. The van der Waals surface area contributed by atoms with E-state index >= 15 is 0 Å². The normalized spacial score (nSPS) is 18.3. The Balaban J connectivity index is 1.71. The molecule has 0 aliphatic carbocycles. The zero-order valence-electron chi connectivity index (χ0n) is 20.7. The number of piperazine rings is 1. The molecule has 1 atom stereocenters. The fourth-order valence-electron chi connectivity index (χ4n) is 5.37. The van der Waals surface area contributed by atoms with Crippen LogP contribution in [0.25, 0.3) is 11.3 Å². The van der Waals surface area contributed by atoms with Crippen molar-refractivity contribution in [2.45, 2.75) is 32.4 Å². The van der Waals surface area contributed by atoms with E-state index in [-0.39, 0.29) is 23.5 Å². The summed E-state index contributed by atoms with van der Waals surface area (Å²) in [5.74, 6) is -0.115. The highest BCUT2D eigenvalue weighted by atomic mass is 16.2. The van der Waals surface area contributed by atoms with Crippen LogP contribution in [0, 0.1) is 0 Å². The molecular weight excluding hydrogens is 454 g/mol. The second-order valence-electron chi connectivity index (χ2n) is 9.59. The number of nitrogens with zero attached hydrogens (tertiary/aromatic N) is 4. The van der Waals surface area contributed by atoms with Crippen LogP contribution in [0.2, 0.25) is 0 Å². The molecule has 2 fully saturated rings. The van der Waals surface area contributed by atoms with Crippen LogP contribution in [0.1, 0.15) is 41.9 Å². The fourth-order valence-corrected chi connectivity index (χ4v) is 5.37. The molecule has 0 saturated carbocycles. The van der Waals surface area contributed by atoms with Gasteiger partial charge < -0.3 is 15.1 Å². The molecule has 8 nitrogen and oxygen atoms in total. The van der Waals surface area contributed by atoms with Crippen LogP contribution in [0.4, 0.5) is 0 Å². The molecule has 3 aromatic rings. The topological polar surface area (TPSA) is 79.6 Å². The molecule has 5 rings (SSSR count). The Morgan fingerprint density at radius 2 is 1.58 bits per heavy atom. The number of benzene rings is 2. The van der Waals surface area contributed by atoms with E-state index in [0.717, 1.165) is 37.1 Å². The van der Waals surface area contributed by atoms with Gasteiger partial charge in [-0.1, -0.05) is 60.7 Å². The van der Waals surface area contributed by atoms with Crippen molar-refractivity contribution in [1.82, 2.24) is 24.3 Å². The zero-order chi connectivity index (χ0) is 25.1. The Morgan fingerprint density at radius 3 is 2.25 bits per heavy atom. The van der Waals surface area contributed by atoms with Crippen molar-refractivity contribution in [3.05, 3.63) is 82.4 Å². The van der Waals surface area contributed by atoms with Crippen molar-refractivity contribution in [3.63, 3.8) is 0 Å². The number of piperidine rings is 1. The summed E-state index contributed by atoms with van der Waals surface area (Å²) < 4.78 is 3.44. The highest BCUT2D eigenvalue weighted by molar-refractivity contribution is 5.99. The first kappa shape index (κ1) is 24.1. The summed E-state index contributed by atoms with van der Waals surface area (Å²) >= 11 is 0. The van der Waals surface area contributed by atoms with Gasteiger partial charge >= 0.3 is 5.69 Å². The van der Waals surface area contributed by atoms with Gasteiger partial charge in [0.25, 0.3) is 5.91 Å². The van der Waals surface area contributed by atoms with Crippen molar-refractivity contribution < 1.29 is 9.59 Å². The number of carbonyl (C=O) groups is 2. The van der Waals surface area contributed by atoms with E-state index in [4.69, 9.17) is 0 Å². The third-order valence-corrected chi connectivity index (χ3v) is 7.22. The maximum atomic E-state index is 14.2. The molecule has 3 heterocycles. The minimum absolute atomic E-state index is 0.00912. The van der Waals surface area contributed by atoms with Crippen molar-refractivity contribution in [2.24, 2.45) is 0 Å². The van der Waals surface area contributed by atoms with Gasteiger partial charge in [-0.05, 0) is 18.4 Å². The number of nitrogens with one attached hydrogen (secondary N) is 1. The molecule has 2 aliphatic heterocycles. The van der Waals surface area contributed by atoms with Crippen LogP contribution in [-0.2, 0) is 11.3 Å². The van der Waals surface area contributed by atoms with Crippen LogP contribution in [0.15, 0.2) is 65.5 Å². The lowest BCUT2D eigenvalue weighted by molar-refractivity contribution is -0.130. The Labute approximate surface area is 211 Å². The van der Waals surface area contributed by atoms with E-state index in [9.17, 15) is 14.4 Å². The number of carbonyl (C=O) groups excluding carboxylic acids is 2. The van der Waals surface area contributed by atoms with Crippen molar-refractivity contribution >= 4 is 11.8 Å². The number of amides is 2. The Bertz CT molecular complexity index is 1280. The molecule has 2 aromatic carbocycles. The Hall–Kier alpha value is -3.65. The van der Waals surface area contributed by atoms with Crippen molar-refractivity contribution in [3.8, 4) is 11.3 Å². The zero-order valence-corrected chi connectivity index (χ0v) is 20.7. The van der Waals surface area contributed by atoms with Crippen LogP contribution in [-0.4, -0.2) is 70.0 Å². The third-order valence-electron chi connectivity index (χ3n) is 7.22. The Kier molecular flexibility index (Phi) is 7.04. The Morgan fingerprint density at radius 1 is 0.917 bits per heavy atom. The predicted octanol–water partition coefficient (Wildman–Crippen LogP) is 2.59. The van der Waals surface area contributed by atoms with E-state index in [1.54, 1.807) is 16.1 Å². The molecule has 0 bridgehead atoms. The average Bonchev–Trinajstić information content (AvgIpc) is 3.21. The van der Waals surface area contributed by atoms with Gasteiger partial charge in [-0.2, -0.15) is 0 Å². The van der Waals surface area contributed by atoms with Crippen LogP contribution >= 0.6 is 0 Å². The van der Waals surface area contributed by atoms with Crippen molar-refractivity contribution in [2.75, 3.05) is 39.3 Å². The molecule has 1 unspecified atom stereocenters. The summed E-state index contributed by atoms with van der Waals surface area (Å²) in [7, 11) is 0. The predicted molar refractivity (Wildman–Crippen MR) is 139 cm³/mol. The molecule has 1 N–H and O–H groups in total. The standard InChI is InChI=1S/C28H33N5O3/c1-21(34)31-16-8-13-24(20-31)33-25(23-11-6-3-7-12-23)26(27(35)30-17-14-29-15-18-30)32(28(33)36)19-22-9-4-2-5-10-22/h2-7,9-12,24,29H,8,13-20H2,1H3. The molecule has 1 aromatic heterocycles. The summed E-state index contributed by atoms with van der Waals surface area (Å²) in [5, 5.41) is 3.30. The van der Waals surface area contributed by atoms with Gasteiger partial charge in [-0.15, -0.1) is 0 Å². The first-order valence-corrected chi connectivity index (χ1v) is 12.7. The molecule has 188 valence electrons. The van der Waals surface area contributed by atoms with Gasteiger partial charge in [-0.25, -0.2) is 4.79 Å². The number of imidazole rings is 1. The molecule has 2 amide bonds. The second-order valence-corrected chi connectivity index (χ2v) is 9.59. The molecule has 2 saturated heterocycles. The molecular formula is C28H33N5O3. The number of rotatable bonds is 5. The summed E-state index contributed by atoms with van der Waals surface area (Å²) in [5.41, 5.74) is 2.67. The SMILES string of the molecule is CC(=O)N1CCCC(n2c(-c3ccccc3)c(C(=O)N3CCNCC3)n(Cc3ccccc3)c2=O)C1. The largest absolute Gasteiger partial charge is 0.341 e. The van der Waals surface area contributed by atoms with Crippen LogP contribution in [0.3, 0.4) is 0 Å². The molecule has 0 radical (unpaired) electrons. The lowest BCUT2D eigenvalue weighted by Gasteiger charge is -2.33. The first-order chi connectivity index (χ1) is 17.5. The summed E-state index contributed by atoms with van der Waals surface area (Å²) in [6, 6.07) is 19.3. The summed E-state index contributed by atoms with van der Waals surface area (Å²) in [4.78, 5) is 44.1. The van der Waals surface area contributed by atoms with E-state index in [0.29, 0.717) is 44.1 Å². The molecule has 36 heavy (non-hydrogen) atoms. The monoisotopic (exact) mass is 487 g/mol. The highest BCUT2D eigenvalue weighted by Crippen LogP contribution is 2.31. The lowest BCUT2D eigenvalue weighted by Crippen LogP contribution is -2.47.